The van der Waals surface area contributed by atoms with Crippen molar-refractivity contribution < 1.29 is 14.4 Å². The number of hydrogen-bond donors (Lipinski definition) is 1. The molecule has 2 aromatic carbocycles. The molecule has 0 bridgehead atoms. The first-order valence-corrected chi connectivity index (χ1v) is 14.7. The fraction of sp³-hybridized carbons (Fsp3) is 0.419. The fourth-order valence-electron chi connectivity index (χ4n) is 4.40. The molecule has 2 atom stereocenters. The first kappa shape index (κ1) is 30.7. The van der Waals surface area contributed by atoms with Gasteiger partial charge in [-0.3, -0.25) is 14.4 Å². The number of benzene rings is 2. The van der Waals surface area contributed by atoms with Gasteiger partial charge in [0.15, 0.2) is 5.78 Å². The van der Waals surface area contributed by atoms with E-state index in [0.29, 0.717) is 43.7 Å². The number of carbonyl (C=O) groups excluding carboxylic acids is 3. The Morgan fingerprint density at radius 1 is 1.08 bits per heavy atom. The van der Waals surface area contributed by atoms with Gasteiger partial charge in [-0.25, -0.2) is 4.98 Å². The van der Waals surface area contributed by atoms with Gasteiger partial charge >= 0.3 is 0 Å². The largest absolute Gasteiger partial charge is 0.353 e. The van der Waals surface area contributed by atoms with E-state index in [4.69, 9.17) is 11.6 Å². The minimum atomic E-state index is -0.533. The molecule has 208 valence electrons. The Bertz CT molecular complexity index is 1270. The molecule has 0 aliphatic rings. The number of carbonyl (C=O) groups is 3. The predicted molar refractivity (Wildman–Crippen MR) is 160 cm³/mol. The monoisotopic (exact) mass is 567 g/mol. The zero-order valence-electron chi connectivity index (χ0n) is 23.0. The number of nitrogens with zero attached hydrogens (tertiary/aromatic N) is 2. The molecular weight excluding hydrogens is 530 g/mol. The van der Waals surface area contributed by atoms with E-state index in [1.54, 1.807) is 12.1 Å². The Kier molecular flexibility index (Phi) is 12.3. The second-order valence-corrected chi connectivity index (χ2v) is 11.7. The van der Waals surface area contributed by atoms with Crippen LogP contribution in [-0.4, -0.2) is 54.0 Å². The van der Waals surface area contributed by atoms with Crippen LogP contribution in [0.25, 0.3) is 10.2 Å². The van der Waals surface area contributed by atoms with E-state index in [0.717, 1.165) is 27.2 Å². The lowest BCUT2D eigenvalue weighted by atomic mass is 9.94. The number of likely N-dealkylation sites (N-methyl/N-ethyl adjacent to an activating group) is 1. The van der Waals surface area contributed by atoms with Gasteiger partial charge in [-0.05, 0) is 63.2 Å². The number of hydrogen-bond acceptors (Lipinski definition) is 6. The van der Waals surface area contributed by atoms with Gasteiger partial charge in [0.05, 0.1) is 21.1 Å². The van der Waals surface area contributed by atoms with E-state index in [2.05, 4.69) is 10.3 Å². The SMILES string of the molecule is CCCC(=O)C[C@@H](Cc1nc2ccc(Cl)cc2s1)C(=O)N[C@H](CCC(=O)/C=C/CN(C)C)Cc1ccccc1. The van der Waals surface area contributed by atoms with Gasteiger partial charge in [0.2, 0.25) is 5.91 Å². The molecule has 1 N–H and O–H groups in total. The summed E-state index contributed by atoms with van der Waals surface area (Å²) < 4.78 is 0.958. The third kappa shape index (κ3) is 10.7. The molecule has 0 unspecified atom stereocenters. The summed E-state index contributed by atoms with van der Waals surface area (Å²) in [5.74, 6) is -0.600. The Labute approximate surface area is 240 Å². The lowest BCUT2D eigenvalue weighted by Crippen LogP contribution is -2.41. The van der Waals surface area contributed by atoms with Gasteiger partial charge in [0, 0.05) is 43.3 Å². The molecule has 39 heavy (non-hydrogen) atoms. The maximum Gasteiger partial charge on any atom is 0.224 e. The number of Topliss-reactive ketones (excluding diaryl/α,β-unsaturated/α-hetero) is 1. The molecule has 1 amide bonds. The quantitative estimate of drug-likeness (QED) is 0.213. The van der Waals surface area contributed by atoms with Crippen LogP contribution in [0, 0.1) is 5.92 Å². The van der Waals surface area contributed by atoms with Crippen LogP contribution in [0.2, 0.25) is 5.02 Å². The average molecular weight is 568 g/mol. The van der Waals surface area contributed by atoms with Crippen molar-refractivity contribution in [3.05, 3.63) is 76.3 Å². The second-order valence-electron chi connectivity index (χ2n) is 10.2. The first-order chi connectivity index (χ1) is 18.7. The summed E-state index contributed by atoms with van der Waals surface area (Å²) in [6.45, 7) is 2.66. The smallest absolute Gasteiger partial charge is 0.224 e. The third-order valence-corrected chi connectivity index (χ3v) is 7.65. The molecule has 0 aliphatic carbocycles. The highest BCUT2D eigenvalue weighted by Gasteiger charge is 2.26. The molecular formula is C31H38ClN3O3S. The van der Waals surface area contributed by atoms with Crippen LogP contribution in [-0.2, 0) is 27.2 Å². The lowest BCUT2D eigenvalue weighted by molar-refractivity contribution is -0.130. The van der Waals surface area contributed by atoms with Crippen LogP contribution < -0.4 is 5.32 Å². The van der Waals surface area contributed by atoms with Crippen molar-refractivity contribution >= 4 is 50.6 Å². The van der Waals surface area contributed by atoms with Gasteiger partial charge in [0.1, 0.15) is 5.78 Å². The summed E-state index contributed by atoms with van der Waals surface area (Å²) in [4.78, 5) is 45.4. The van der Waals surface area contributed by atoms with Crippen LogP contribution >= 0.6 is 22.9 Å². The Morgan fingerprint density at radius 3 is 2.56 bits per heavy atom. The summed E-state index contributed by atoms with van der Waals surface area (Å²) in [7, 11) is 3.90. The lowest BCUT2D eigenvalue weighted by Gasteiger charge is -2.22. The average Bonchev–Trinajstić information content (AvgIpc) is 3.28. The van der Waals surface area contributed by atoms with Crippen LogP contribution in [0.5, 0.6) is 0 Å². The highest BCUT2D eigenvalue weighted by Crippen LogP contribution is 2.28. The van der Waals surface area contributed by atoms with Crippen molar-refractivity contribution in [2.75, 3.05) is 20.6 Å². The zero-order chi connectivity index (χ0) is 28.2. The van der Waals surface area contributed by atoms with E-state index in [-0.39, 0.29) is 29.9 Å². The first-order valence-electron chi connectivity index (χ1n) is 13.5. The van der Waals surface area contributed by atoms with Crippen LogP contribution in [0.3, 0.4) is 0 Å². The van der Waals surface area contributed by atoms with E-state index in [1.807, 2.05) is 74.5 Å². The number of aromatic nitrogens is 1. The number of thiazole rings is 1. The van der Waals surface area contributed by atoms with Gasteiger partial charge in [-0.1, -0.05) is 54.9 Å². The van der Waals surface area contributed by atoms with Crippen LogP contribution in [0.15, 0.2) is 60.7 Å². The molecule has 1 heterocycles. The van der Waals surface area contributed by atoms with Gasteiger partial charge < -0.3 is 10.2 Å². The van der Waals surface area contributed by atoms with Crippen molar-refractivity contribution in [3.63, 3.8) is 0 Å². The van der Waals surface area contributed by atoms with Crippen molar-refractivity contribution in [3.8, 4) is 0 Å². The minimum absolute atomic E-state index is 0.0342. The predicted octanol–water partition coefficient (Wildman–Crippen LogP) is 6.06. The number of allylic oxidation sites excluding steroid dienone is 1. The molecule has 0 saturated carbocycles. The van der Waals surface area contributed by atoms with Crippen LogP contribution in [0.4, 0.5) is 0 Å². The van der Waals surface area contributed by atoms with Gasteiger partial charge in [-0.15, -0.1) is 11.3 Å². The van der Waals surface area contributed by atoms with Crippen LogP contribution in [0.1, 0.15) is 49.6 Å². The normalized spacial score (nSPS) is 13.2. The summed E-state index contributed by atoms with van der Waals surface area (Å²) in [6, 6.07) is 15.2. The topological polar surface area (TPSA) is 79.4 Å². The second kappa shape index (κ2) is 15.7. The fourth-order valence-corrected chi connectivity index (χ4v) is 5.72. The van der Waals surface area contributed by atoms with E-state index in [1.165, 1.54) is 11.3 Å². The molecule has 1 aromatic heterocycles. The van der Waals surface area contributed by atoms with Crippen molar-refractivity contribution in [2.24, 2.45) is 5.92 Å². The zero-order valence-corrected chi connectivity index (χ0v) is 24.6. The number of rotatable bonds is 16. The van der Waals surface area contributed by atoms with Crippen molar-refractivity contribution in [1.82, 2.24) is 15.2 Å². The number of amides is 1. The number of halogens is 1. The van der Waals surface area contributed by atoms with Crippen molar-refractivity contribution in [1.29, 1.82) is 0 Å². The Morgan fingerprint density at radius 2 is 1.85 bits per heavy atom. The van der Waals surface area contributed by atoms with E-state index >= 15 is 0 Å². The highest BCUT2D eigenvalue weighted by atomic mass is 35.5. The van der Waals surface area contributed by atoms with Gasteiger partial charge in [-0.2, -0.15) is 0 Å². The molecule has 0 fully saturated rings. The van der Waals surface area contributed by atoms with Gasteiger partial charge in [0.25, 0.3) is 0 Å². The number of nitrogens with one attached hydrogen (secondary N) is 1. The third-order valence-electron chi connectivity index (χ3n) is 6.37. The minimum Gasteiger partial charge on any atom is -0.353 e. The summed E-state index contributed by atoms with van der Waals surface area (Å²) in [6.07, 6.45) is 6.66. The summed E-state index contributed by atoms with van der Waals surface area (Å²) in [5, 5.41) is 4.63. The summed E-state index contributed by atoms with van der Waals surface area (Å²) in [5.41, 5.74) is 1.92. The standard InChI is InChI=1S/C31H38ClN3O3S/c1-4-9-27(37)19-23(20-30-34-28-16-13-24(32)21-29(28)39-30)31(38)33-25(18-22-10-6-5-7-11-22)14-15-26(36)12-8-17-35(2)3/h5-8,10-13,16,21,23,25H,4,9,14-15,17-20H2,1-3H3,(H,33,38)/b12-8+/t23-,25+/m0/s1. The van der Waals surface area contributed by atoms with Crippen molar-refractivity contribution in [2.45, 2.75) is 57.9 Å². The summed E-state index contributed by atoms with van der Waals surface area (Å²) >= 11 is 7.65. The molecule has 3 rings (SSSR count). The number of ketones is 2. The molecule has 0 saturated heterocycles. The van der Waals surface area contributed by atoms with E-state index < -0.39 is 5.92 Å². The highest BCUT2D eigenvalue weighted by molar-refractivity contribution is 7.18. The Balaban J connectivity index is 1.75. The maximum atomic E-state index is 13.6. The maximum absolute atomic E-state index is 13.6. The Hall–Kier alpha value is -2.87. The number of fused-ring (bicyclic) bond motifs is 1. The molecule has 0 radical (unpaired) electrons. The molecule has 0 aliphatic heterocycles. The molecule has 8 heteroatoms. The molecule has 6 nitrogen and oxygen atoms in total. The van der Waals surface area contributed by atoms with E-state index in [9.17, 15) is 14.4 Å². The molecule has 0 spiro atoms. The molecule has 3 aromatic rings.